The molecule has 1 fully saturated rings. The van der Waals surface area contributed by atoms with Crippen molar-refractivity contribution in [1.29, 1.82) is 0 Å². The minimum absolute atomic E-state index is 0.128. The number of carbonyl (C=O) groups is 1. The molecule has 4 nitrogen and oxygen atoms in total. The third-order valence-electron chi connectivity index (χ3n) is 3.43. The molecule has 0 bridgehead atoms. The molecule has 2 rings (SSSR count). The molecule has 1 aliphatic rings. The van der Waals surface area contributed by atoms with Gasteiger partial charge < -0.3 is 10.2 Å². The van der Waals surface area contributed by atoms with Crippen LogP contribution >= 0.6 is 0 Å². The molecule has 1 aliphatic heterocycles. The average molecular weight is 247 g/mol. The van der Waals surface area contributed by atoms with E-state index in [0.717, 1.165) is 37.3 Å². The molecule has 1 aromatic rings. The first-order valence-electron chi connectivity index (χ1n) is 6.73. The number of anilines is 1. The van der Waals surface area contributed by atoms with Crippen LogP contribution in [0.5, 0.6) is 0 Å². The second-order valence-corrected chi connectivity index (χ2v) is 4.80. The molecular weight excluding hydrogens is 226 g/mol. The number of likely N-dealkylation sites (tertiary alicyclic amines) is 1. The third-order valence-corrected chi connectivity index (χ3v) is 3.43. The van der Waals surface area contributed by atoms with E-state index in [-0.39, 0.29) is 5.91 Å². The molecule has 4 heteroatoms. The van der Waals surface area contributed by atoms with Gasteiger partial charge in [0.2, 0.25) is 0 Å². The van der Waals surface area contributed by atoms with Crippen LogP contribution in [0.2, 0.25) is 0 Å². The van der Waals surface area contributed by atoms with Gasteiger partial charge >= 0.3 is 0 Å². The summed E-state index contributed by atoms with van der Waals surface area (Å²) in [5, 5.41) is 3.14. The van der Waals surface area contributed by atoms with Crippen LogP contribution in [0.3, 0.4) is 0 Å². The average Bonchev–Trinajstić information content (AvgIpc) is 2.39. The summed E-state index contributed by atoms with van der Waals surface area (Å²) < 4.78 is 0. The quantitative estimate of drug-likeness (QED) is 0.892. The Hall–Kier alpha value is -1.58. The molecule has 2 heterocycles. The summed E-state index contributed by atoms with van der Waals surface area (Å²) >= 11 is 0. The van der Waals surface area contributed by atoms with Crippen molar-refractivity contribution in [2.45, 2.75) is 39.2 Å². The third kappa shape index (κ3) is 2.81. The van der Waals surface area contributed by atoms with Crippen LogP contribution in [0.15, 0.2) is 18.3 Å². The topological polar surface area (TPSA) is 45.2 Å². The summed E-state index contributed by atoms with van der Waals surface area (Å²) in [6, 6.07) is 3.99. The fourth-order valence-corrected chi connectivity index (χ4v) is 2.41. The molecule has 0 spiro atoms. The maximum absolute atomic E-state index is 12.4. The van der Waals surface area contributed by atoms with Crippen molar-refractivity contribution in [3.8, 4) is 0 Å². The SMILES string of the molecule is CCNc1cc(C(=O)N2CCCCC2C)ccn1. The van der Waals surface area contributed by atoms with Crippen LogP contribution in [0, 0.1) is 0 Å². The molecule has 1 aromatic heterocycles. The molecule has 0 saturated carbocycles. The molecule has 1 unspecified atom stereocenters. The maximum Gasteiger partial charge on any atom is 0.254 e. The number of hydrogen-bond acceptors (Lipinski definition) is 3. The van der Waals surface area contributed by atoms with E-state index < -0.39 is 0 Å². The largest absolute Gasteiger partial charge is 0.370 e. The minimum Gasteiger partial charge on any atom is -0.370 e. The van der Waals surface area contributed by atoms with E-state index in [4.69, 9.17) is 0 Å². The first kappa shape index (κ1) is 12.9. The van der Waals surface area contributed by atoms with Gasteiger partial charge in [0.05, 0.1) is 0 Å². The number of nitrogens with zero attached hydrogens (tertiary/aromatic N) is 2. The van der Waals surface area contributed by atoms with E-state index in [1.807, 2.05) is 17.9 Å². The number of piperidine rings is 1. The minimum atomic E-state index is 0.128. The zero-order valence-corrected chi connectivity index (χ0v) is 11.1. The lowest BCUT2D eigenvalue weighted by Crippen LogP contribution is -2.42. The molecule has 1 saturated heterocycles. The highest BCUT2D eigenvalue weighted by atomic mass is 16.2. The number of hydrogen-bond donors (Lipinski definition) is 1. The number of pyridine rings is 1. The van der Waals surface area contributed by atoms with Crippen LogP contribution in [0.1, 0.15) is 43.5 Å². The van der Waals surface area contributed by atoms with E-state index >= 15 is 0 Å². The fourth-order valence-electron chi connectivity index (χ4n) is 2.41. The van der Waals surface area contributed by atoms with Crippen LogP contribution in [0.25, 0.3) is 0 Å². The van der Waals surface area contributed by atoms with Crippen molar-refractivity contribution < 1.29 is 4.79 Å². The van der Waals surface area contributed by atoms with Crippen molar-refractivity contribution in [3.63, 3.8) is 0 Å². The highest BCUT2D eigenvalue weighted by Crippen LogP contribution is 2.19. The highest BCUT2D eigenvalue weighted by molar-refractivity contribution is 5.95. The molecule has 1 atom stereocenters. The van der Waals surface area contributed by atoms with E-state index in [1.54, 1.807) is 12.3 Å². The normalized spacial score (nSPS) is 19.7. The summed E-state index contributed by atoms with van der Waals surface area (Å²) in [7, 11) is 0. The lowest BCUT2D eigenvalue weighted by Gasteiger charge is -2.33. The van der Waals surface area contributed by atoms with Gasteiger partial charge in [-0.25, -0.2) is 4.98 Å². The lowest BCUT2D eigenvalue weighted by atomic mass is 10.0. The Labute approximate surface area is 108 Å². The van der Waals surface area contributed by atoms with E-state index in [9.17, 15) is 4.79 Å². The Morgan fingerprint density at radius 2 is 2.39 bits per heavy atom. The van der Waals surface area contributed by atoms with Gasteiger partial charge in [0.25, 0.3) is 5.91 Å². The number of aromatic nitrogens is 1. The molecular formula is C14H21N3O. The van der Waals surface area contributed by atoms with Crippen LogP contribution in [0.4, 0.5) is 5.82 Å². The van der Waals surface area contributed by atoms with Gasteiger partial charge in [-0.1, -0.05) is 0 Å². The zero-order valence-electron chi connectivity index (χ0n) is 11.1. The van der Waals surface area contributed by atoms with Crippen molar-refractivity contribution in [2.24, 2.45) is 0 Å². The Kier molecular flexibility index (Phi) is 4.18. The Morgan fingerprint density at radius 1 is 1.56 bits per heavy atom. The van der Waals surface area contributed by atoms with E-state index in [1.165, 1.54) is 6.42 Å². The number of amides is 1. The Balaban J connectivity index is 2.14. The van der Waals surface area contributed by atoms with Gasteiger partial charge in [-0.05, 0) is 45.2 Å². The summed E-state index contributed by atoms with van der Waals surface area (Å²) in [6.07, 6.45) is 5.14. The Bertz CT molecular complexity index is 419. The predicted octanol–water partition coefficient (Wildman–Crippen LogP) is 2.53. The maximum atomic E-state index is 12.4. The summed E-state index contributed by atoms with van der Waals surface area (Å²) in [6.45, 7) is 5.83. The first-order valence-corrected chi connectivity index (χ1v) is 6.73. The first-order chi connectivity index (χ1) is 8.72. The van der Waals surface area contributed by atoms with Crippen molar-refractivity contribution in [2.75, 3.05) is 18.4 Å². The summed E-state index contributed by atoms with van der Waals surface area (Å²) in [5.74, 6) is 0.900. The Morgan fingerprint density at radius 3 is 3.11 bits per heavy atom. The van der Waals surface area contributed by atoms with Gasteiger partial charge in [-0.3, -0.25) is 4.79 Å². The van der Waals surface area contributed by atoms with Gasteiger partial charge in [-0.15, -0.1) is 0 Å². The molecule has 0 aliphatic carbocycles. The van der Waals surface area contributed by atoms with E-state index in [2.05, 4.69) is 17.2 Å². The second-order valence-electron chi connectivity index (χ2n) is 4.80. The fraction of sp³-hybridized carbons (Fsp3) is 0.571. The van der Waals surface area contributed by atoms with Gasteiger partial charge in [-0.2, -0.15) is 0 Å². The second kappa shape index (κ2) is 5.85. The molecule has 1 amide bonds. The number of rotatable bonds is 3. The molecule has 1 N–H and O–H groups in total. The predicted molar refractivity (Wildman–Crippen MR) is 72.8 cm³/mol. The molecule has 0 aromatic carbocycles. The monoisotopic (exact) mass is 247 g/mol. The smallest absolute Gasteiger partial charge is 0.254 e. The zero-order chi connectivity index (χ0) is 13.0. The number of nitrogens with one attached hydrogen (secondary N) is 1. The van der Waals surface area contributed by atoms with Gasteiger partial charge in [0.1, 0.15) is 5.82 Å². The van der Waals surface area contributed by atoms with E-state index in [0.29, 0.717) is 6.04 Å². The lowest BCUT2D eigenvalue weighted by molar-refractivity contribution is 0.0635. The van der Waals surface area contributed by atoms with Gasteiger partial charge in [0, 0.05) is 30.9 Å². The van der Waals surface area contributed by atoms with Crippen molar-refractivity contribution in [1.82, 2.24) is 9.88 Å². The van der Waals surface area contributed by atoms with Gasteiger partial charge in [0.15, 0.2) is 0 Å². The van der Waals surface area contributed by atoms with Crippen molar-refractivity contribution >= 4 is 11.7 Å². The molecule has 18 heavy (non-hydrogen) atoms. The summed E-state index contributed by atoms with van der Waals surface area (Å²) in [4.78, 5) is 18.6. The van der Waals surface area contributed by atoms with Crippen LogP contribution in [-0.2, 0) is 0 Å². The molecule has 0 radical (unpaired) electrons. The molecule has 98 valence electrons. The van der Waals surface area contributed by atoms with Crippen molar-refractivity contribution in [3.05, 3.63) is 23.9 Å². The standard InChI is InChI=1S/C14H21N3O/c1-3-15-13-10-12(7-8-16-13)14(18)17-9-5-4-6-11(17)2/h7-8,10-11H,3-6,9H2,1-2H3,(H,15,16). The van der Waals surface area contributed by atoms with Crippen LogP contribution in [-0.4, -0.2) is 34.9 Å². The highest BCUT2D eigenvalue weighted by Gasteiger charge is 2.24. The summed E-state index contributed by atoms with van der Waals surface area (Å²) in [5.41, 5.74) is 0.731. The number of carbonyl (C=O) groups excluding carboxylic acids is 1. The van der Waals surface area contributed by atoms with Crippen LogP contribution < -0.4 is 5.32 Å².